The van der Waals surface area contributed by atoms with Gasteiger partial charge in [0.25, 0.3) is 0 Å². The van der Waals surface area contributed by atoms with Crippen molar-refractivity contribution in [3.63, 3.8) is 0 Å². The summed E-state index contributed by atoms with van der Waals surface area (Å²) >= 11 is 0. The molecule has 0 bridgehead atoms. The number of rotatable bonds is 10. The first-order valence-electron chi connectivity index (χ1n) is 13.5. The van der Waals surface area contributed by atoms with Gasteiger partial charge in [-0.2, -0.15) is 0 Å². The number of phenolic OH excluding ortho intramolecular Hbond substituents is 1. The molecule has 0 saturated carbocycles. The molecule has 42 heavy (non-hydrogen) atoms. The first kappa shape index (κ1) is 28.6. The van der Waals surface area contributed by atoms with Crippen LogP contribution in [0.2, 0.25) is 0 Å². The Morgan fingerprint density at radius 3 is 2.33 bits per heavy atom. The molecule has 1 amide bonds. The Bertz CT molecular complexity index is 1630. The molecule has 0 spiro atoms. The Balaban J connectivity index is 1.59. The van der Waals surface area contributed by atoms with Crippen molar-refractivity contribution < 1.29 is 23.8 Å². The van der Waals surface area contributed by atoms with E-state index in [2.05, 4.69) is 15.6 Å². The lowest BCUT2D eigenvalue weighted by molar-refractivity contribution is -0.122. The summed E-state index contributed by atoms with van der Waals surface area (Å²) in [5, 5.41) is 16.9. The smallest absolute Gasteiger partial charge is 0.242 e. The molecule has 3 aromatic carbocycles. The number of carbonyl (C=O) groups excluding carboxylic acids is 1. The van der Waals surface area contributed by atoms with Crippen LogP contribution in [-0.2, 0) is 17.9 Å². The zero-order valence-corrected chi connectivity index (χ0v) is 23.6. The maximum Gasteiger partial charge on any atom is 0.242 e. The number of methoxy groups -OCH3 is 2. The minimum Gasteiger partial charge on any atom is -0.502 e. The molecule has 1 heterocycles. The number of fused-ring (bicyclic) bond motifs is 1. The second-order valence-electron chi connectivity index (χ2n) is 9.94. The Morgan fingerprint density at radius 1 is 0.952 bits per heavy atom. The van der Waals surface area contributed by atoms with Crippen LogP contribution in [0.3, 0.4) is 0 Å². The fraction of sp³-hybridized carbons (Fsp3) is 0.176. The molecule has 1 atom stereocenters. The molecule has 214 valence electrons. The summed E-state index contributed by atoms with van der Waals surface area (Å²) in [5.41, 5.74) is 6.33. The maximum absolute atomic E-state index is 14.7. The number of phenols is 1. The highest BCUT2D eigenvalue weighted by Gasteiger charge is 2.33. The van der Waals surface area contributed by atoms with Crippen molar-refractivity contribution in [2.45, 2.75) is 26.1 Å². The lowest BCUT2D eigenvalue weighted by atomic mass is 9.97. The normalized spacial score (nSPS) is 14.0. The van der Waals surface area contributed by atoms with E-state index >= 15 is 0 Å². The average Bonchev–Trinajstić information content (AvgIpc) is 3.27. The molecule has 5 rings (SSSR count). The van der Waals surface area contributed by atoms with Crippen LogP contribution < -0.4 is 20.1 Å². The lowest BCUT2D eigenvalue weighted by Gasteiger charge is -2.22. The minimum atomic E-state index is -0.788. The van der Waals surface area contributed by atoms with Gasteiger partial charge < -0.3 is 19.9 Å². The molecule has 0 aliphatic heterocycles. The predicted molar refractivity (Wildman–Crippen MR) is 161 cm³/mol. The van der Waals surface area contributed by atoms with Gasteiger partial charge >= 0.3 is 0 Å². The molecular formula is C34H32FN3O4. The number of halogens is 1. The van der Waals surface area contributed by atoms with Crippen LogP contribution in [0.15, 0.2) is 90.8 Å². The second kappa shape index (κ2) is 12.7. The van der Waals surface area contributed by atoms with Crippen molar-refractivity contribution >= 4 is 23.1 Å². The van der Waals surface area contributed by atoms with Gasteiger partial charge in [-0.15, -0.1) is 0 Å². The number of hydrogen-bond acceptors (Lipinski definition) is 6. The number of carbonyl (C=O) groups is 1. The molecule has 8 heteroatoms. The zero-order chi connectivity index (χ0) is 29.6. The van der Waals surface area contributed by atoms with Gasteiger partial charge in [0.1, 0.15) is 11.9 Å². The number of amides is 1. The van der Waals surface area contributed by atoms with Gasteiger partial charge in [0.15, 0.2) is 11.5 Å². The van der Waals surface area contributed by atoms with E-state index in [0.29, 0.717) is 29.8 Å². The van der Waals surface area contributed by atoms with Crippen LogP contribution in [0.25, 0.3) is 17.2 Å². The van der Waals surface area contributed by atoms with Crippen molar-refractivity contribution in [2.75, 3.05) is 14.2 Å². The number of benzene rings is 3. The van der Waals surface area contributed by atoms with Gasteiger partial charge in [0.2, 0.25) is 11.7 Å². The van der Waals surface area contributed by atoms with Crippen molar-refractivity contribution in [1.82, 2.24) is 15.6 Å². The highest BCUT2D eigenvalue weighted by atomic mass is 19.1. The number of aromatic nitrogens is 1. The highest BCUT2D eigenvalue weighted by molar-refractivity contribution is 6.11. The second-order valence-corrected chi connectivity index (χ2v) is 9.94. The van der Waals surface area contributed by atoms with Gasteiger partial charge in [-0.3, -0.25) is 15.1 Å². The van der Waals surface area contributed by atoms with E-state index in [-0.39, 0.29) is 23.2 Å². The Labute approximate surface area is 244 Å². The van der Waals surface area contributed by atoms with Gasteiger partial charge in [0.05, 0.1) is 14.2 Å². The van der Waals surface area contributed by atoms with Crippen LogP contribution >= 0.6 is 0 Å². The summed E-state index contributed by atoms with van der Waals surface area (Å²) in [6, 6.07) is 20.7. The van der Waals surface area contributed by atoms with Gasteiger partial charge in [-0.1, -0.05) is 42.5 Å². The summed E-state index contributed by atoms with van der Waals surface area (Å²) in [4.78, 5) is 18.0. The standard InChI is InChI=1S/C34H32FN3O4/c1-21-27(14-24-15-29(41-2)33(39)30(16-24)42-3)26-12-11-25(35)17-28(26)31(21)32(37-20-23-10-7-13-36-18-23)34(40)38-19-22-8-5-4-6-9-22/h4-18,32,37,39H,19-20H2,1-3H3,(H,38,40). The predicted octanol–water partition coefficient (Wildman–Crippen LogP) is 5.75. The van der Waals surface area contributed by atoms with Gasteiger partial charge in [0, 0.05) is 25.5 Å². The number of ether oxygens (including phenoxy) is 2. The van der Waals surface area contributed by atoms with E-state index in [4.69, 9.17) is 9.47 Å². The summed E-state index contributed by atoms with van der Waals surface area (Å²) in [5.74, 6) is -0.211. The van der Waals surface area contributed by atoms with Crippen LogP contribution in [0.5, 0.6) is 17.2 Å². The largest absolute Gasteiger partial charge is 0.502 e. The van der Waals surface area contributed by atoms with Crippen molar-refractivity contribution in [2.24, 2.45) is 0 Å². The van der Waals surface area contributed by atoms with Gasteiger partial charge in [-0.25, -0.2) is 4.39 Å². The number of hydrogen-bond donors (Lipinski definition) is 3. The van der Waals surface area contributed by atoms with E-state index in [0.717, 1.165) is 27.8 Å². The van der Waals surface area contributed by atoms with Crippen LogP contribution in [-0.4, -0.2) is 36.3 Å². The van der Waals surface area contributed by atoms with Crippen LogP contribution in [0.4, 0.5) is 4.39 Å². The number of nitrogens with zero attached hydrogens (tertiary/aromatic N) is 1. The minimum absolute atomic E-state index is 0.0984. The van der Waals surface area contributed by atoms with Crippen molar-refractivity contribution in [3.05, 3.63) is 124 Å². The number of pyridine rings is 1. The van der Waals surface area contributed by atoms with E-state index in [1.165, 1.54) is 26.4 Å². The molecule has 1 aliphatic carbocycles. The third-order valence-corrected chi connectivity index (χ3v) is 7.28. The molecule has 7 nitrogen and oxygen atoms in total. The fourth-order valence-electron chi connectivity index (χ4n) is 5.18. The summed E-state index contributed by atoms with van der Waals surface area (Å²) in [7, 11) is 2.93. The molecule has 0 fully saturated rings. The molecule has 0 radical (unpaired) electrons. The van der Waals surface area contributed by atoms with E-state index in [9.17, 15) is 14.3 Å². The average molecular weight is 566 g/mol. The van der Waals surface area contributed by atoms with E-state index in [1.807, 2.05) is 55.5 Å². The fourth-order valence-corrected chi connectivity index (χ4v) is 5.18. The first-order chi connectivity index (χ1) is 20.4. The van der Waals surface area contributed by atoms with Crippen LogP contribution in [0, 0.1) is 5.82 Å². The quantitative estimate of drug-likeness (QED) is 0.227. The Kier molecular flexibility index (Phi) is 8.64. The molecule has 1 aliphatic rings. The number of nitrogens with one attached hydrogen (secondary N) is 2. The third-order valence-electron chi connectivity index (χ3n) is 7.28. The SMILES string of the molecule is COc1cc(C=C2C(C)=C(C(NCc3cccnc3)C(=O)NCc3ccccc3)c3cc(F)ccc32)cc(OC)c1O. The van der Waals surface area contributed by atoms with E-state index < -0.39 is 11.9 Å². The molecule has 4 aromatic rings. The summed E-state index contributed by atoms with van der Waals surface area (Å²) in [6.45, 7) is 2.66. The first-order valence-corrected chi connectivity index (χ1v) is 13.5. The topological polar surface area (TPSA) is 92.7 Å². The van der Waals surface area contributed by atoms with Crippen LogP contribution in [0.1, 0.15) is 34.7 Å². The molecule has 1 aromatic heterocycles. The number of allylic oxidation sites excluding steroid dienone is 2. The summed E-state index contributed by atoms with van der Waals surface area (Å²) < 4.78 is 25.4. The lowest BCUT2D eigenvalue weighted by Crippen LogP contribution is -2.44. The Morgan fingerprint density at radius 2 is 1.67 bits per heavy atom. The van der Waals surface area contributed by atoms with Crippen molar-refractivity contribution in [3.8, 4) is 17.2 Å². The molecule has 3 N–H and O–H groups in total. The third kappa shape index (κ3) is 6.04. The van der Waals surface area contributed by atoms with Gasteiger partial charge in [-0.05, 0) is 87.9 Å². The monoisotopic (exact) mass is 565 g/mol. The molecule has 1 unspecified atom stereocenters. The Hall–Kier alpha value is -4.95. The maximum atomic E-state index is 14.7. The highest BCUT2D eigenvalue weighted by Crippen LogP contribution is 2.45. The molecular weight excluding hydrogens is 533 g/mol. The number of aromatic hydroxyl groups is 1. The van der Waals surface area contributed by atoms with E-state index in [1.54, 1.807) is 30.6 Å². The molecule has 0 saturated heterocycles. The zero-order valence-electron chi connectivity index (χ0n) is 23.6. The van der Waals surface area contributed by atoms with Crippen molar-refractivity contribution in [1.29, 1.82) is 0 Å². The summed E-state index contributed by atoms with van der Waals surface area (Å²) in [6.07, 6.45) is 5.36.